The fraction of sp³-hybridized carbons (Fsp3) is 0.600. The molecule has 0 radical (unpaired) electrons. The number of nitrogens with one attached hydrogen (secondary N) is 1. The summed E-state index contributed by atoms with van der Waals surface area (Å²) in [7, 11) is 0. The molecule has 11 heavy (non-hydrogen) atoms. The van der Waals surface area contributed by atoms with Crippen molar-refractivity contribution >= 4 is 11.9 Å². The van der Waals surface area contributed by atoms with Gasteiger partial charge in [0.25, 0.3) is 0 Å². The molecule has 0 spiro atoms. The lowest BCUT2D eigenvalue weighted by Gasteiger charge is -2.12. The van der Waals surface area contributed by atoms with Crippen LogP contribution in [0.25, 0.3) is 0 Å². The van der Waals surface area contributed by atoms with Gasteiger partial charge in [-0.25, -0.2) is 4.79 Å². The third kappa shape index (κ3) is 3.54. The van der Waals surface area contributed by atoms with Crippen LogP contribution in [0.4, 0.5) is 4.79 Å². The van der Waals surface area contributed by atoms with E-state index in [0.717, 1.165) is 0 Å². The molecule has 0 aliphatic carbocycles. The first-order chi connectivity index (χ1) is 4.95. The maximum Gasteiger partial charge on any atom is 0.318 e. The van der Waals surface area contributed by atoms with Crippen molar-refractivity contribution in [1.29, 1.82) is 0 Å². The van der Waals surface area contributed by atoms with E-state index in [-0.39, 0.29) is 0 Å². The van der Waals surface area contributed by atoms with Gasteiger partial charge in [-0.15, -0.1) is 0 Å². The second-order valence-electron chi connectivity index (χ2n) is 2.12. The average molecular weight is 161 g/mol. The number of nitrogens with two attached hydrogens (primary N) is 2. The number of hydrogen-bond acceptors (Lipinski definition) is 4. The lowest BCUT2D eigenvalue weighted by molar-refractivity contribution is -0.123. The zero-order chi connectivity index (χ0) is 9.02. The van der Waals surface area contributed by atoms with Crippen LogP contribution >= 0.6 is 0 Å². The van der Waals surface area contributed by atoms with Crippen LogP contribution < -0.4 is 16.8 Å². The van der Waals surface area contributed by atoms with E-state index in [0.29, 0.717) is 0 Å². The van der Waals surface area contributed by atoms with Crippen molar-refractivity contribution in [2.75, 3.05) is 0 Å². The Morgan fingerprint density at radius 3 is 2.27 bits per heavy atom. The molecular weight excluding hydrogens is 150 g/mol. The van der Waals surface area contributed by atoms with Crippen molar-refractivity contribution in [3.8, 4) is 0 Å². The fourth-order valence-corrected chi connectivity index (χ4v) is 0.424. The molecule has 0 heterocycles. The molecule has 6 nitrogen and oxygen atoms in total. The van der Waals surface area contributed by atoms with Crippen molar-refractivity contribution in [2.24, 2.45) is 11.5 Å². The molecule has 0 aliphatic heterocycles. The highest BCUT2D eigenvalue weighted by molar-refractivity contribution is 5.96. The van der Waals surface area contributed by atoms with Crippen molar-refractivity contribution in [1.82, 2.24) is 5.32 Å². The number of urea groups is 1. The minimum atomic E-state index is -1.12. The smallest absolute Gasteiger partial charge is 0.318 e. The van der Waals surface area contributed by atoms with Gasteiger partial charge in [0.15, 0.2) is 0 Å². The average Bonchev–Trinajstić information content (AvgIpc) is 1.84. The Morgan fingerprint density at radius 1 is 1.55 bits per heavy atom. The standard InChI is InChI=1S/C5H11N3O3/c1-2(9)3(6)4(10)8-5(7)11/h2-3,9H,6H2,1H3,(H3,7,8,10,11)/t2-,3?/m1/s1. The van der Waals surface area contributed by atoms with E-state index in [1.807, 2.05) is 0 Å². The van der Waals surface area contributed by atoms with Crippen molar-refractivity contribution < 1.29 is 14.7 Å². The molecular formula is C5H11N3O3. The monoisotopic (exact) mass is 161 g/mol. The van der Waals surface area contributed by atoms with Gasteiger partial charge in [0.2, 0.25) is 5.91 Å². The quantitative estimate of drug-likeness (QED) is 0.370. The highest BCUT2D eigenvalue weighted by Gasteiger charge is 2.19. The van der Waals surface area contributed by atoms with Crippen LogP contribution in [0.1, 0.15) is 6.92 Å². The summed E-state index contributed by atoms with van der Waals surface area (Å²) >= 11 is 0. The molecule has 0 aromatic carbocycles. The molecule has 0 aliphatic rings. The Labute approximate surface area is 63.5 Å². The second kappa shape index (κ2) is 3.89. The van der Waals surface area contributed by atoms with Crippen LogP contribution in [0.5, 0.6) is 0 Å². The summed E-state index contributed by atoms with van der Waals surface area (Å²) in [5.41, 5.74) is 9.76. The first-order valence-corrected chi connectivity index (χ1v) is 2.99. The Kier molecular flexibility index (Phi) is 3.49. The second-order valence-corrected chi connectivity index (χ2v) is 2.12. The van der Waals surface area contributed by atoms with Crippen LogP contribution in [0.2, 0.25) is 0 Å². The van der Waals surface area contributed by atoms with Gasteiger partial charge in [0.05, 0.1) is 6.10 Å². The highest BCUT2D eigenvalue weighted by Crippen LogP contribution is 1.87. The van der Waals surface area contributed by atoms with Gasteiger partial charge in [0, 0.05) is 0 Å². The van der Waals surface area contributed by atoms with Crippen molar-refractivity contribution in [3.63, 3.8) is 0 Å². The van der Waals surface area contributed by atoms with Crippen molar-refractivity contribution in [2.45, 2.75) is 19.1 Å². The summed E-state index contributed by atoms with van der Waals surface area (Å²) in [6.07, 6.45) is -1.01. The maximum absolute atomic E-state index is 10.7. The molecule has 0 saturated heterocycles. The Balaban J connectivity index is 3.93. The van der Waals surface area contributed by atoms with Crippen LogP contribution in [-0.4, -0.2) is 29.2 Å². The SMILES string of the molecule is C[C@@H](O)C(N)C(=O)NC(N)=O. The number of aliphatic hydroxyl groups excluding tert-OH is 1. The first-order valence-electron chi connectivity index (χ1n) is 2.99. The van der Waals surface area contributed by atoms with Gasteiger partial charge in [0.1, 0.15) is 6.04 Å². The Hall–Kier alpha value is -1.14. The molecule has 3 amide bonds. The number of carbonyl (C=O) groups excluding carboxylic acids is 2. The van der Waals surface area contributed by atoms with E-state index in [1.165, 1.54) is 6.92 Å². The van der Waals surface area contributed by atoms with Gasteiger partial charge in [-0.2, -0.15) is 0 Å². The molecule has 6 N–H and O–H groups in total. The van der Waals surface area contributed by atoms with E-state index in [2.05, 4.69) is 5.73 Å². The minimum Gasteiger partial charge on any atom is -0.391 e. The molecule has 0 saturated carbocycles. The predicted molar refractivity (Wildman–Crippen MR) is 37.4 cm³/mol. The van der Waals surface area contributed by atoms with Crippen LogP contribution in [0, 0.1) is 0 Å². The number of carbonyl (C=O) groups is 2. The number of amides is 3. The normalized spacial score (nSPS) is 15.2. The van der Waals surface area contributed by atoms with Gasteiger partial charge in [-0.3, -0.25) is 10.1 Å². The topological polar surface area (TPSA) is 118 Å². The van der Waals surface area contributed by atoms with Crippen LogP contribution in [0.3, 0.4) is 0 Å². The van der Waals surface area contributed by atoms with Gasteiger partial charge >= 0.3 is 6.03 Å². The summed E-state index contributed by atoms with van der Waals surface area (Å²) < 4.78 is 0. The number of primary amides is 1. The molecule has 0 rings (SSSR count). The summed E-state index contributed by atoms with van der Waals surface area (Å²) in [6.45, 7) is 1.34. The molecule has 0 fully saturated rings. The Morgan fingerprint density at radius 2 is 2.00 bits per heavy atom. The lowest BCUT2D eigenvalue weighted by Crippen LogP contribution is -2.50. The number of imide groups is 1. The third-order valence-corrected chi connectivity index (χ3v) is 1.07. The van der Waals surface area contributed by atoms with E-state index in [1.54, 1.807) is 5.32 Å². The summed E-state index contributed by atoms with van der Waals surface area (Å²) in [5.74, 6) is -0.785. The predicted octanol–water partition coefficient (Wildman–Crippen LogP) is -2.11. The molecule has 0 aromatic rings. The van der Waals surface area contributed by atoms with E-state index in [4.69, 9.17) is 10.8 Å². The van der Waals surface area contributed by atoms with E-state index < -0.39 is 24.1 Å². The number of hydrogen-bond donors (Lipinski definition) is 4. The van der Waals surface area contributed by atoms with Crippen LogP contribution in [-0.2, 0) is 4.79 Å². The molecule has 1 unspecified atom stereocenters. The molecule has 0 aromatic heterocycles. The largest absolute Gasteiger partial charge is 0.391 e. The third-order valence-electron chi connectivity index (χ3n) is 1.07. The summed E-state index contributed by atoms with van der Waals surface area (Å²) in [5, 5.41) is 10.5. The highest BCUT2D eigenvalue weighted by atomic mass is 16.3. The molecule has 2 atom stereocenters. The molecule has 0 bridgehead atoms. The zero-order valence-electron chi connectivity index (χ0n) is 6.07. The number of rotatable bonds is 2. The molecule has 6 heteroatoms. The Bertz CT molecular complexity index is 168. The minimum absolute atomic E-state index is 0.785. The maximum atomic E-state index is 10.7. The zero-order valence-corrected chi connectivity index (χ0v) is 6.07. The van der Waals surface area contributed by atoms with Crippen LogP contribution in [0.15, 0.2) is 0 Å². The van der Waals surface area contributed by atoms with Crippen molar-refractivity contribution in [3.05, 3.63) is 0 Å². The lowest BCUT2D eigenvalue weighted by atomic mass is 10.2. The van der Waals surface area contributed by atoms with E-state index in [9.17, 15) is 9.59 Å². The van der Waals surface area contributed by atoms with E-state index >= 15 is 0 Å². The van der Waals surface area contributed by atoms with Gasteiger partial charge in [-0.1, -0.05) is 0 Å². The fourth-order valence-electron chi connectivity index (χ4n) is 0.424. The summed E-state index contributed by atoms with van der Waals surface area (Å²) in [6, 6.07) is -2.10. The number of aliphatic hydroxyl groups is 1. The van der Waals surface area contributed by atoms with Gasteiger partial charge in [-0.05, 0) is 6.92 Å². The summed E-state index contributed by atoms with van der Waals surface area (Å²) in [4.78, 5) is 20.8. The molecule has 64 valence electrons. The first kappa shape index (κ1) is 9.86. The van der Waals surface area contributed by atoms with Gasteiger partial charge < -0.3 is 16.6 Å².